The van der Waals surface area contributed by atoms with E-state index in [0.29, 0.717) is 27.1 Å². The Morgan fingerprint density at radius 1 is 0.947 bits per heavy atom. The summed E-state index contributed by atoms with van der Waals surface area (Å²) in [6.45, 7) is 3.44. The molecule has 2 aromatic rings. The minimum absolute atomic E-state index is 0.308. The highest BCUT2D eigenvalue weighted by Gasteiger charge is 2.09. The van der Waals surface area contributed by atoms with Gasteiger partial charge in [0.05, 0.1) is 15.8 Å². The minimum atomic E-state index is -0.347. The summed E-state index contributed by atoms with van der Waals surface area (Å²) >= 11 is 3.13. The number of nitrogens with one attached hydrogen (secondary N) is 1. The van der Waals surface area contributed by atoms with Gasteiger partial charge < -0.3 is 11.1 Å². The number of halogens is 3. The summed E-state index contributed by atoms with van der Waals surface area (Å²) in [6.07, 6.45) is 0. The highest BCUT2D eigenvalue weighted by molar-refractivity contribution is 9.10. The molecule has 0 spiro atoms. The highest BCUT2D eigenvalue weighted by Crippen LogP contribution is 2.30. The molecule has 3 N–H and O–H groups in total. The molecule has 0 saturated carbocycles. The molecule has 2 aromatic carbocycles. The van der Waals surface area contributed by atoms with Gasteiger partial charge in [0, 0.05) is 5.69 Å². The number of nitrogen functional groups attached to an aromatic ring is 1. The number of benzene rings is 2. The van der Waals surface area contributed by atoms with E-state index in [0.717, 1.165) is 5.56 Å². The van der Waals surface area contributed by atoms with E-state index >= 15 is 0 Å². The lowest BCUT2D eigenvalue weighted by Gasteiger charge is -2.13. The summed E-state index contributed by atoms with van der Waals surface area (Å²) in [5.41, 5.74) is 8.62. The van der Waals surface area contributed by atoms with Crippen molar-refractivity contribution in [2.24, 2.45) is 0 Å². The van der Waals surface area contributed by atoms with Crippen molar-refractivity contribution in [3.8, 4) is 0 Å². The van der Waals surface area contributed by atoms with Crippen LogP contribution in [0.2, 0.25) is 0 Å². The zero-order valence-corrected chi connectivity index (χ0v) is 12.1. The minimum Gasteiger partial charge on any atom is -0.397 e. The molecule has 0 aliphatic carbocycles. The topological polar surface area (TPSA) is 38.0 Å². The van der Waals surface area contributed by atoms with Crippen LogP contribution in [-0.2, 0) is 0 Å². The Labute approximate surface area is 118 Å². The molecule has 0 atom stereocenters. The first kappa shape index (κ1) is 13.8. The van der Waals surface area contributed by atoms with Gasteiger partial charge in [0.25, 0.3) is 0 Å². The van der Waals surface area contributed by atoms with Crippen molar-refractivity contribution in [1.82, 2.24) is 0 Å². The molecule has 0 bridgehead atoms. The van der Waals surface area contributed by atoms with Crippen LogP contribution in [0.15, 0.2) is 28.7 Å². The summed E-state index contributed by atoms with van der Waals surface area (Å²) in [7, 11) is 0. The van der Waals surface area contributed by atoms with Crippen LogP contribution in [0.1, 0.15) is 11.1 Å². The maximum Gasteiger partial charge on any atom is 0.137 e. The Hall–Kier alpha value is -1.62. The largest absolute Gasteiger partial charge is 0.397 e. The van der Waals surface area contributed by atoms with Gasteiger partial charge in [0.15, 0.2) is 0 Å². The van der Waals surface area contributed by atoms with Crippen LogP contribution in [0.3, 0.4) is 0 Å². The summed E-state index contributed by atoms with van der Waals surface area (Å²) in [4.78, 5) is 0. The van der Waals surface area contributed by atoms with E-state index in [1.54, 1.807) is 26.0 Å². The predicted octanol–water partition coefficient (Wildman–Crippen LogP) is 4.67. The zero-order chi connectivity index (χ0) is 14.2. The fourth-order valence-corrected chi connectivity index (χ4v) is 2.07. The molecule has 0 saturated heterocycles. The van der Waals surface area contributed by atoms with Crippen LogP contribution in [0.4, 0.5) is 25.8 Å². The van der Waals surface area contributed by atoms with Gasteiger partial charge in [-0.05, 0) is 65.2 Å². The first-order valence-electron chi connectivity index (χ1n) is 5.67. The van der Waals surface area contributed by atoms with Gasteiger partial charge in [-0.15, -0.1) is 0 Å². The highest BCUT2D eigenvalue weighted by atomic mass is 79.9. The zero-order valence-electron chi connectivity index (χ0n) is 10.5. The lowest BCUT2D eigenvalue weighted by molar-refractivity contribution is 0.619. The van der Waals surface area contributed by atoms with Crippen molar-refractivity contribution < 1.29 is 8.78 Å². The van der Waals surface area contributed by atoms with E-state index < -0.39 is 0 Å². The molecule has 0 aliphatic heterocycles. The second kappa shape index (κ2) is 5.17. The van der Waals surface area contributed by atoms with Crippen LogP contribution in [-0.4, -0.2) is 0 Å². The molecule has 0 unspecified atom stereocenters. The third-order valence-corrected chi connectivity index (χ3v) is 3.48. The van der Waals surface area contributed by atoms with E-state index in [1.807, 2.05) is 0 Å². The molecule has 0 fully saturated rings. The monoisotopic (exact) mass is 326 g/mol. The Morgan fingerprint density at radius 3 is 2.32 bits per heavy atom. The van der Waals surface area contributed by atoms with Gasteiger partial charge in [-0.3, -0.25) is 0 Å². The second-order valence-corrected chi connectivity index (χ2v) is 5.25. The summed E-state index contributed by atoms with van der Waals surface area (Å²) < 4.78 is 27.0. The number of hydrogen-bond donors (Lipinski definition) is 2. The Bertz CT molecular complexity index is 586. The fourth-order valence-electron chi connectivity index (χ4n) is 1.73. The molecule has 0 aromatic heterocycles. The second-order valence-electron chi connectivity index (χ2n) is 4.39. The first-order valence-corrected chi connectivity index (χ1v) is 6.46. The molecule has 5 heteroatoms. The number of aryl methyl sites for hydroxylation is 2. The summed E-state index contributed by atoms with van der Waals surface area (Å²) in [6, 6.07) is 5.94. The standard InChI is InChI=1S/C14H13BrF2N2/c1-7-4-14(12(18)6-10(7)16)19-13-5-9(15)11(17)3-8(13)2/h3-6,19H,18H2,1-2H3. The maximum absolute atomic E-state index is 13.3. The molecule has 2 nitrogen and oxygen atoms in total. The summed E-state index contributed by atoms with van der Waals surface area (Å²) in [5.74, 6) is -0.675. The lowest BCUT2D eigenvalue weighted by atomic mass is 10.1. The first-order chi connectivity index (χ1) is 8.88. The van der Waals surface area contributed by atoms with Crippen LogP contribution in [0, 0.1) is 25.5 Å². The predicted molar refractivity (Wildman–Crippen MR) is 77.7 cm³/mol. The van der Waals surface area contributed by atoms with Crippen molar-refractivity contribution in [3.05, 3.63) is 51.5 Å². The van der Waals surface area contributed by atoms with Gasteiger partial charge in [0.1, 0.15) is 11.6 Å². The molecule has 100 valence electrons. The SMILES string of the molecule is Cc1cc(Nc2cc(Br)c(F)cc2C)c(N)cc1F. The van der Waals surface area contributed by atoms with Crippen LogP contribution >= 0.6 is 15.9 Å². The lowest BCUT2D eigenvalue weighted by Crippen LogP contribution is -2.00. The molecular formula is C14H13BrF2N2. The Balaban J connectivity index is 2.42. The van der Waals surface area contributed by atoms with Crippen molar-refractivity contribution in [3.63, 3.8) is 0 Å². The number of anilines is 3. The van der Waals surface area contributed by atoms with Gasteiger partial charge in [-0.1, -0.05) is 0 Å². The molecule has 0 amide bonds. The molecule has 19 heavy (non-hydrogen) atoms. The Morgan fingerprint density at radius 2 is 1.63 bits per heavy atom. The van der Waals surface area contributed by atoms with E-state index in [-0.39, 0.29) is 11.6 Å². The van der Waals surface area contributed by atoms with Crippen molar-refractivity contribution >= 4 is 33.0 Å². The van der Waals surface area contributed by atoms with Gasteiger partial charge in [0.2, 0.25) is 0 Å². The van der Waals surface area contributed by atoms with E-state index in [2.05, 4.69) is 21.2 Å². The quantitative estimate of drug-likeness (QED) is 0.787. The maximum atomic E-state index is 13.3. The number of rotatable bonds is 2. The summed E-state index contributed by atoms with van der Waals surface area (Å²) in [5, 5.41) is 3.09. The van der Waals surface area contributed by atoms with Gasteiger partial charge >= 0.3 is 0 Å². The smallest absolute Gasteiger partial charge is 0.137 e. The van der Waals surface area contributed by atoms with Gasteiger partial charge in [-0.25, -0.2) is 8.78 Å². The molecule has 0 aliphatic rings. The third kappa shape index (κ3) is 2.87. The van der Waals surface area contributed by atoms with Gasteiger partial charge in [-0.2, -0.15) is 0 Å². The van der Waals surface area contributed by atoms with Crippen molar-refractivity contribution in [2.45, 2.75) is 13.8 Å². The van der Waals surface area contributed by atoms with E-state index in [1.165, 1.54) is 12.1 Å². The third-order valence-electron chi connectivity index (χ3n) is 2.87. The van der Waals surface area contributed by atoms with E-state index in [4.69, 9.17) is 5.73 Å². The molecule has 0 radical (unpaired) electrons. The molecular weight excluding hydrogens is 314 g/mol. The van der Waals surface area contributed by atoms with E-state index in [9.17, 15) is 8.78 Å². The fraction of sp³-hybridized carbons (Fsp3) is 0.143. The van der Waals surface area contributed by atoms with Crippen molar-refractivity contribution in [1.29, 1.82) is 0 Å². The molecule has 0 heterocycles. The average molecular weight is 327 g/mol. The number of nitrogens with two attached hydrogens (primary N) is 1. The Kier molecular flexibility index (Phi) is 3.75. The van der Waals surface area contributed by atoms with Crippen LogP contribution in [0.25, 0.3) is 0 Å². The van der Waals surface area contributed by atoms with Crippen molar-refractivity contribution in [2.75, 3.05) is 11.1 Å². The van der Waals surface area contributed by atoms with Crippen LogP contribution < -0.4 is 11.1 Å². The van der Waals surface area contributed by atoms with Crippen LogP contribution in [0.5, 0.6) is 0 Å². The number of hydrogen-bond acceptors (Lipinski definition) is 2. The average Bonchev–Trinajstić information content (AvgIpc) is 2.32. The normalized spacial score (nSPS) is 10.6. The molecule has 2 rings (SSSR count).